The minimum absolute atomic E-state index is 0.344. The van der Waals surface area contributed by atoms with Crippen LogP contribution in [0.3, 0.4) is 0 Å². The Morgan fingerprint density at radius 3 is 2.67 bits per heavy atom. The Balaban J connectivity index is 1.63. The first kappa shape index (κ1) is 18.4. The number of thiophene rings is 1. The van der Waals surface area contributed by atoms with Crippen LogP contribution in [0.15, 0.2) is 17.5 Å². The third-order valence-electron chi connectivity index (χ3n) is 3.89. The van der Waals surface area contributed by atoms with Crippen molar-refractivity contribution < 1.29 is 24.2 Å². The van der Waals surface area contributed by atoms with Gasteiger partial charge in [-0.1, -0.05) is 12.5 Å². The third-order valence-corrected chi connectivity index (χ3v) is 4.82. The van der Waals surface area contributed by atoms with E-state index in [0.717, 1.165) is 24.1 Å². The number of esters is 1. The number of ether oxygens (including phenoxy) is 1. The van der Waals surface area contributed by atoms with Gasteiger partial charge in [-0.05, 0) is 43.6 Å². The molecule has 24 heavy (non-hydrogen) atoms. The maximum absolute atomic E-state index is 11.9. The second kappa shape index (κ2) is 8.79. The van der Waals surface area contributed by atoms with Crippen LogP contribution in [-0.2, 0) is 20.7 Å². The molecular weight excluding hydrogens is 332 g/mol. The molecule has 1 aromatic rings. The number of aliphatic hydroxyl groups is 1. The summed E-state index contributed by atoms with van der Waals surface area (Å²) >= 11 is 1.59. The summed E-state index contributed by atoms with van der Waals surface area (Å²) in [7, 11) is 0. The van der Waals surface area contributed by atoms with Gasteiger partial charge in [-0.15, -0.1) is 11.3 Å². The molecule has 0 aromatic carbocycles. The van der Waals surface area contributed by atoms with E-state index in [0.29, 0.717) is 25.8 Å². The van der Waals surface area contributed by atoms with Crippen LogP contribution < -0.4 is 10.6 Å². The summed E-state index contributed by atoms with van der Waals surface area (Å²) in [6.45, 7) is -0.182. The summed E-state index contributed by atoms with van der Waals surface area (Å²) < 4.78 is 4.83. The molecule has 0 bridgehead atoms. The standard InChI is InChI=1S/C16H22N2O5S/c19-13(11-23-14(20)16(22)7-2-1-3-8-16)18-15(21)17-9-6-12-5-4-10-24-12/h4-5,10,22H,1-3,6-9,11H2,(H2,17,18,19,21). The van der Waals surface area contributed by atoms with Gasteiger partial charge in [0.1, 0.15) is 0 Å². The van der Waals surface area contributed by atoms with Crippen molar-refractivity contribution in [3.05, 3.63) is 22.4 Å². The number of carbonyl (C=O) groups is 3. The van der Waals surface area contributed by atoms with Gasteiger partial charge in [0.2, 0.25) is 0 Å². The summed E-state index contributed by atoms with van der Waals surface area (Å²) in [5, 5.41) is 16.8. The molecule has 2 rings (SSSR count). The van der Waals surface area contributed by atoms with Gasteiger partial charge in [0.25, 0.3) is 5.91 Å². The first-order chi connectivity index (χ1) is 11.5. The zero-order chi connectivity index (χ0) is 17.4. The van der Waals surface area contributed by atoms with E-state index in [-0.39, 0.29) is 0 Å². The maximum Gasteiger partial charge on any atom is 0.338 e. The lowest BCUT2D eigenvalue weighted by molar-refractivity contribution is -0.170. The molecule has 0 atom stereocenters. The van der Waals surface area contributed by atoms with Gasteiger partial charge in [-0.2, -0.15) is 0 Å². The molecule has 1 fully saturated rings. The minimum Gasteiger partial charge on any atom is -0.453 e. The van der Waals surface area contributed by atoms with E-state index in [9.17, 15) is 19.5 Å². The normalized spacial score (nSPS) is 16.2. The molecule has 0 spiro atoms. The highest BCUT2D eigenvalue weighted by Gasteiger charge is 2.38. The zero-order valence-corrected chi connectivity index (χ0v) is 14.2. The van der Waals surface area contributed by atoms with Crippen molar-refractivity contribution in [3.63, 3.8) is 0 Å². The third kappa shape index (κ3) is 5.61. The van der Waals surface area contributed by atoms with Gasteiger partial charge in [-0.3, -0.25) is 10.1 Å². The maximum atomic E-state index is 11.9. The van der Waals surface area contributed by atoms with Crippen LogP contribution >= 0.6 is 11.3 Å². The van der Waals surface area contributed by atoms with Crippen LogP contribution in [0.2, 0.25) is 0 Å². The number of hydrogen-bond donors (Lipinski definition) is 3. The van der Waals surface area contributed by atoms with Crippen molar-refractivity contribution in [1.82, 2.24) is 10.6 Å². The van der Waals surface area contributed by atoms with Crippen molar-refractivity contribution in [2.75, 3.05) is 13.2 Å². The van der Waals surface area contributed by atoms with Crippen molar-refractivity contribution in [2.24, 2.45) is 0 Å². The first-order valence-electron chi connectivity index (χ1n) is 7.99. The number of nitrogens with one attached hydrogen (secondary N) is 2. The lowest BCUT2D eigenvalue weighted by atomic mass is 9.85. The molecule has 0 saturated heterocycles. The van der Waals surface area contributed by atoms with Crippen molar-refractivity contribution in [2.45, 2.75) is 44.1 Å². The number of hydrogen-bond acceptors (Lipinski definition) is 6. The fourth-order valence-electron chi connectivity index (χ4n) is 2.57. The molecule has 1 aliphatic rings. The average Bonchev–Trinajstić information content (AvgIpc) is 3.06. The Hall–Kier alpha value is -1.93. The molecule has 0 radical (unpaired) electrons. The van der Waals surface area contributed by atoms with Gasteiger partial charge >= 0.3 is 12.0 Å². The van der Waals surface area contributed by atoms with Gasteiger partial charge in [0, 0.05) is 11.4 Å². The van der Waals surface area contributed by atoms with E-state index in [2.05, 4.69) is 10.6 Å². The van der Waals surface area contributed by atoms with E-state index in [1.165, 1.54) is 0 Å². The van der Waals surface area contributed by atoms with Crippen molar-refractivity contribution in [1.29, 1.82) is 0 Å². The van der Waals surface area contributed by atoms with Gasteiger partial charge in [0.15, 0.2) is 12.2 Å². The Kier molecular flexibility index (Phi) is 6.74. The molecule has 0 aliphatic heterocycles. The first-order valence-corrected chi connectivity index (χ1v) is 8.87. The monoisotopic (exact) mass is 354 g/mol. The van der Waals surface area contributed by atoms with Gasteiger partial charge < -0.3 is 15.2 Å². The van der Waals surface area contributed by atoms with Crippen molar-refractivity contribution in [3.8, 4) is 0 Å². The Morgan fingerprint density at radius 2 is 2.00 bits per heavy atom. The second-order valence-electron chi connectivity index (χ2n) is 5.80. The Morgan fingerprint density at radius 1 is 1.25 bits per heavy atom. The molecule has 7 nitrogen and oxygen atoms in total. The van der Waals surface area contributed by atoms with E-state index < -0.39 is 30.1 Å². The molecule has 1 aliphatic carbocycles. The lowest BCUT2D eigenvalue weighted by Gasteiger charge is -2.29. The minimum atomic E-state index is -1.50. The number of carbonyl (C=O) groups excluding carboxylic acids is 3. The number of imide groups is 1. The molecule has 132 valence electrons. The molecule has 3 N–H and O–H groups in total. The van der Waals surface area contributed by atoms with Crippen LogP contribution in [0.25, 0.3) is 0 Å². The zero-order valence-electron chi connectivity index (χ0n) is 13.4. The van der Waals surface area contributed by atoms with Gasteiger partial charge in [0.05, 0.1) is 0 Å². The Bertz CT molecular complexity index is 567. The largest absolute Gasteiger partial charge is 0.453 e. The quantitative estimate of drug-likeness (QED) is 0.669. The summed E-state index contributed by atoms with van der Waals surface area (Å²) in [6.07, 6.45) is 3.85. The van der Waals surface area contributed by atoms with E-state index >= 15 is 0 Å². The van der Waals surface area contributed by atoms with Crippen molar-refractivity contribution >= 4 is 29.2 Å². The average molecular weight is 354 g/mol. The van der Waals surface area contributed by atoms with Crippen LogP contribution in [0.1, 0.15) is 37.0 Å². The van der Waals surface area contributed by atoms with Gasteiger partial charge in [-0.25, -0.2) is 9.59 Å². The number of rotatable bonds is 6. The van der Waals surface area contributed by atoms with E-state index in [1.54, 1.807) is 11.3 Å². The van der Waals surface area contributed by atoms with Crippen LogP contribution in [0, 0.1) is 0 Å². The molecule has 8 heteroatoms. The summed E-state index contributed by atoms with van der Waals surface area (Å²) in [6, 6.07) is 3.26. The molecule has 1 aromatic heterocycles. The van der Waals surface area contributed by atoms with Crippen LogP contribution in [-0.4, -0.2) is 41.8 Å². The summed E-state index contributed by atoms with van der Waals surface area (Å²) in [5.41, 5.74) is -1.50. The Labute approximate surface area is 144 Å². The van der Waals surface area contributed by atoms with Crippen LogP contribution in [0.4, 0.5) is 4.79 Å². The molecule has 3 amide bonds. The predicted octanol–water partition coefficient (Wildman–Crippen LogP) is 1.35. The van der Waals surface area contributed by atoms with E-state index in [1.807, 2.05) is 17.5 Å². The predicted molar refractivity (Wildman–Crippen MR) is 88.6 cm³/mol. The SMILES string of the molecule is O=C(COC(=O)C1(O)CCCCC1)NC(=O)NCCc1cccs1. The highest BCUT2D eigenvalue weighted by Crippen LogP contribution is 2.28. The number of amides is 3. The molecule has 1 saturated carbocycles. The highest BCUT2D eigenvalue weighted by molar-refractivity contribution is 7.09. The topological polar surface area (TPSA) is 105 Å². The second-order valence-corrected chi connectivity index (χ2v) is 6.83. The van der Waals surface area contributed by atoms with Crippen LogP contribution in [0.5, 0.6) is 0 Å². The smallest absolute Gasteiger partial charge is 0.338 e. The number of urea groups is 1. The van der Waals surface area contributed by atoms with E-state index in [4.69, 9.17) is 4.74 Å². The lowest BCUT2D eigenvalue weighted by Crippen LogP contribution is -2.45. The fraction of sp³-hybridized carbons (Fsp3) is 0.562. The highest BCUT2D eigenvalue weighted by atomic mass is 32.1. The summed E-state index contributed by atoms with van der Waals surface area (Å²) in [4.78, 5) is 36.2. The fourth-order valence-corrected chi connectivity index (χ4v) is 3.28. The molecule has 1 heterocycles. The molecule has 0 unspecified atom stereocenters. The summed E-state index contributed by atoms with van der Waals surface area (Å²) in [5.74, 6) is -1.52. The molecular formula is C16H22N2O5S.